The maximum Gasteiger partial charge on any atom is 0.128 e. The van der Waals surface area contributed by atoms with Crippen LogP contribution in [0.15, 0.2) is 31.0 Å². The second-order valence-corrected chi connectivity index (χ2v) is 3.41. The second kappa shape index (κ2) is 4.77. The zero-order chi connectivity index (χ0) is 10.6. The van der Waals surface area contributed by atoms with E-state index in [1.807, 2.05) is 43.3 Å². The third-order valence-corrected chi connectivity index (χ3v) is 2.09. The fraction of sp³-hybridized carbons (Fsp3) is 0.364. The Kier molecular flexibility index (Phi) is 3.65. The molecule has 0 spiro atoms. The Bertz CT molecular complexity index is 290. The molecule has 0 saturated heterocycles. The van der Waals surface area contributed by atoms with Gasteiger partial charge in [0.1, 0.15) is 5.82 Å². The minimum absolute atomic E-state index is 0.0428. The van der Waals surface area contributed by atoms with Crippen LogP contribution >= 0.6 is 0 Å². The Labute approximate surface area is 85.3 Å². The van der Waals surface area contributed by atoms with Gasteiger partial charge in [0.05, 0.1) is 0 Å². The first-order valence-corrected chi connectivity index (χ1v) is 4.68. The second-order valence-electron chi connectivity index (χ2n) is 3.41. The van der Waals surface area contributed by atoms with E-state index in [-0.39, 0.29) is 6.04 Å². The van der Waals surface area contributed by atoms with Crippen molar-refractivity contribution >= 4 is 5.82 Å². The lowest BCUT2D eigenvalue weighted by atomic mass is 10.1. The van der Waals surface area contributed by atoms with Crippen LogP contribution in [-0.4, -0.2) is 18.6 Å². The third-order valence-electron chi connectivity index (χ3n) is 2.09. The Morgan fingerprint density at radius 2 is 2.36 bits per heavy atom. The van der Waals surface area contributed by atoms with E-state index in [9.17, 15) is 0 Å². The number of hydrogen-bond acceptors (Lipinski definition) is 3. The minimum atomic E-state index is 0.0428. The molecule has 3 nitrogen and oxygen atoms in total. The summed E-state index contributed by atoms with van der Waals surface area (Å²) in [5, 5.41) is 0. The van der Waals surface area contributed by atoms with Crippen LogP contribution < -0.4 is 10.6 Å². The van der Waals surface area contributed by atoms with E-state index >= 15 is 0 Å². The first-order chi connectivity index (χ1) is 6.65. The number of pyridine rings is 1. The van der Waals surface area contributed by atoms with E-state index in [2.05, 4.69) is 11.6 Å². The highest BCUT2D eigenvalue weighted by Gasteiger charge is 2.02. The minimum Gasteiger partial charge on any atom is -0.356 e. The Balaban J connectivity index is 2.77. The quantitative estimate of drug-likeness (QED) is 0.737. The molecule has 2 N–H and O–H groups in total. The summed E-state index contributed by atoms with van der Waals surface area (Å²) in [5.74, 6) is 0.939. The van der Waals surface area contributed by atoms with Gasteiger partial charge in [0.15, 0.2) is 0 Å². The molecule has 0 radical (unpaired) electrons. The van der Waals surface area contributed by atoms with Crippen LogP contribution in [0.4, 0.5) is 5.82 Å². The topological polar surface area (TPSA) is 42.1 Å². The first kappa shape index (κ1) is 10.7. The van der Waals surface area contributed by atoms with Gasteiger partial charge in [-0.1, -0.05) is 12.1 Å². The first-order valence-electron chi connectivity index (χ1n) is 4.68. The van der Waals surface area contributed by atoms with Crippen LogP contribution in [0.1, 0.15) is 18.5 Å². The Hall–Kier alpha value is -1.35. The lowest BCUT2D eigenvalue weighted by Gasteiger charge is -2.16. The van der Waals surface area contributed by atoms with Gasteiger partial charge in [-0.2, -0.15) is 0 Å². The summed E-state index contributed by atoms with van der Waals surface area (Å²) in [6.45, 7) is 6.43. The average molecular weight is 191 g/mol. The van der Waals surface area contributed by atoms with Gasteiger partial charge >= 0.3 is 0 Å². The average Bonchev–Trinajstić information content (AvgIpc) is 2.18. The van der Waals surface area contributed by atoms with Gasteiger partial charge in [0.2, 0.25) is 0 Å². The number of nitrogens with two attached hydrogens (primary N) is 1. The van der Waals surface area contributed by atoms with Crippen molar-refractivity contribution in [2.24, 2.45) is 5.73 Å². The maximum absolute atomic E-state index is 5.73. The Morgan fingerprint density at radius 3 is 2.79 bits per heavy atom. The molecule has 0 amide bonds. The number of aromatic nitrogens is 1. The fourth-order valence-corrected chi connectivity index (χ4v) is 1.18. The van der Waals surface area contributed by atoms with Crippen LogP contribution in [0, 0.1) is 0 Å². The lowest BCUT2D eigenvalue weighted by Crippen LogP contribution is -2.18. The summed E-state index contributed by atoms with van der Waals surface area (Å²) in [6, 6.07) is 4.02. The molecule has 3 heteroatoms. The van der Waals surface area contributed by atoms with Gasteiger partial charge in [-0.25, -0.2) is 4.98 Å². The smallest absolute Gasteiger partial charge is 0.128 e. The number of hydrogen-bond donors (Lipinski definition) is 1. The van der Waals surface area contributed by atoms with Crippen LogP contribution in [-0.2, 0) is 0 Å². The van der Waals surface area contributed by atoms with E-state index in [1.54, 1.807) is 0 Å². The van der Waals surface area contributed by atoms with E-state index < -0.39 is 0 Å². The molecule has 14 heavy (non-hydrogen) atoms. The van der Waals surface area contributed by atoms with Gasteiger partial charge in [-0.05, 0) is 18.6 Å². The number of rotatable bonds is 4. The van der Waals surface area contributed by atoms with Crippen LogP contribution in [0.5, 0.6) is 0 Å². The normalized spacial score (nSPS) is 12.2. The lowest BCUT2D eigenvalue weighted by molar-refractivity contribution is 0.809. The van der Waals surface area contributed by atoms with Gasteiger partial charge in [-0.15, -0.1) is 6.58 Å². The highest BCUT2D eigenvalue weighted by molar-refractivity contribution is 5.39. The van der Waals surface area contributed by atoms with E-state index in [4.69, 9.17) is 5.73 Å². The van der Waals surface area contributed by atoms with E-state index in [0.717, 1.165) is 17.9 Å². The maximum atomic E-state index is 5.73. The van der Waals surface area contributed by atoms with Gasteiger partial charge in [0.25, 0.3) is 0 Å². The van der Waals surface area contributed by atoms with Crippen molar-refractivity contribution in [3.05, 3.63) is 36.5 Å². The standard InChI is InChI=1S/C11H17N3/c1-4-7-14(3)11-6-5-10(8-13-11)9(2)12/h4-6,8-9H,1,7,12H2,2-3H3/t9-/m0/s1. The molecule has 0 aliphatic heterocycles. The SMILES string of the molecule is C=CCN(C)c1ccc([C@H](C)N)cn1. The van der Waals surface area contributed by atoms with Gasteiger partial charge < -0.3 is 10.6 Å². The molecule has 0 unspecified atom stereocenters. The summed E-state index contributed by atoms with van der Waals surface area (Å²) < 4.78 is 0. The Morgan fingerprint density at radius 1 is 1.64 bits per heavy atom. The molecule has 0 saturated carbocycles. The van der Waals surface area contributed by atoms with Crippen molar-refractivity contribution in [3.63, 3.8) is 0 Å². The van der Waals surface area contributed by atoms with Crippen LogP contribution in [0.25, 0.3) is 0 Å². The monoisotopic (exact) mass is 191 g/mol. The molecule has 76 valence electrons. The van der Waals surface area contributed by atoms with Crippen molar-refractivity contribution in [1.29, 1.82) is 0 Å². The molecule has 0 bridgehead atoms. The molecule has 1 rings (SSSR count). The molecule has 0 fully saturated rings. The molecular weight excluding hydrogens is 174 g/mol. The van der Waals surface area contributed by atoms with Crippen molar-refractivity contribution in [1.82, 2.24) is 4.98 Å². The summed E-state index contributed by atoms with van der Waals surface area (Å²) in [5.41, 5.74) is 6.79. The van der Waals surface area contributed by atoms with E-state index in [1.165, 1.54) is 0 Å². The fourth-order valence-electron chi connectivity index (χ4n) is 1.18. The van der Waals surface area contributed by atoms with Crippen LogP contribution in [0.2, 0.25) is 0 Å². The molecule has 0 aromatic carbocycles. The summed E-state index contributed by atoms with van der Waals surface area (Å²) in [4.78, 5) is 6.34. The van der Waals surface area contributed by atoms with Crippen molar-refractivity contribution < 1.29 is 0 Å². The molecule has 1 aromatic heterocycles. The summed E-state index contributed by atoms with van der Waals surface area (Å²) in [6.07, 6.45) is 3.67. The predicted octanol–water partition coefficient (Wildman–Crippen LogP) is 1.72. The highest BCUT2D eigenvalue weighted by atomic mass is 15.1. The van der Waals surface area contributed by atoms with Crippen molar-refractivity contribution in [3.8, 4) is 0 Å². The summed E-state index contributed by atoms with van der Waals surface area (Å²) in [7, 11) is 1.98. The highest BCUT2D eigenvalue weighted by Crippen LogP contribution is 2.13. The molecule has 1 heterocycles. The zero-order valence-corrected chi connectivity index (χ0v) is 8.77. The predicted molar refractivity (Wildman–Crippen MR) is 60.3 cm³/mol. The zero-order valence-electron chi connectivity index (χ0n) is 8.77. The molecule has 1 atom stereocenters. The van der Waals surface area contributed by atoms with Crippen molar-refractivity contribution in [2.75, 3.05) is 18.5 Å². The van der Waals surface area contributed by atoms with Gasteiger partial charge in [-0.3, -0.25) is 0 Å². The van der Waals surface area contributed by atoms with Crippen molar-refractivity contribution in [2.45, 2.75) is 13.0 Å². The van der Waals surface area contributed by atoms with E-state index in [0.29, 0.717) is 0 Å². The molecule has 0 aliphatic rings. The molecule has 1 aromatic rings. The molecule has 0 aliphatic carbocycles. The number of nitrogens with zero attached hydrogens (tertiary/aromatic N) is 2. The molecular formula is C11H17N3. The third kappa shape index (κ3) is 2.57. The number of likely N-dealkylation sites (N-methyl/N-ethyl adjacent to an activating group) is 1. The number of anilines is 1. The van der Waals surface area contributed by atoms with Crippen LogP contribution in [0.3, 0.4) is 0 Å². The largest absolute Gasteiger partial charge is 0.356 e. The van der Waals surface area contributed by atoms with Gasteiger partial charge in [0, 0.05) is 25.8 Å². The summed E-state index contributed by atoms with van der Waals surface area (Å²) >= 11 is 0.